The number of amides is 14. The van der Waals surface area contributed by atoms with Crippen molar-refractivity contribution in [1.29, 1.82) is 0 Å². The molecule has 2 aromatic rings. The van der Waals surface area contributed by atoms with Crippen LogP contribution in [0.25, 0.3) is 10.9 Å². The molecule has 1 aromatic heterocycles. The summed E-state index contributed by atoms with van der Waals surface area (Å²) < 4.78 is 5.66. The Morgan fingerprint density at radius 2 is 1.08 bits per heavy atom. The highest BCUT2D eigenvalue weighted by Gasteiger charge is 2.41. The molecule has 0 unspecified atom stereocenters. The number of para-hydroxylation sites is 1. The van der Waals surface area contributed by atoms with E-state index < -0.39 is 249 Å². The van der Waals surface area contributed by atoms with E-state index in [1.54, 1.807) is 30.5 Å². The van der Waals surface area contributed by atoms with Gasteiger partial charge in [0.25, 0.3) is 0 Å². The predicted octanol–water partition coefficient (Wildman–Crippen LogP) is -5.57. The number of cyclic esters (lactones) is 1. The van der Waals surface area contributed by atoms with Crippen molar-refractivity contribution < 1.29 is 121 Å². The summed E-state index contributed by atoms with van der Waals surface area (Å²) in [7, 11) is 0. The largest absolute Gasteiger partial charge is 0.481 e. The van der Waals surface area contributed by atoms with E-state index in [0.717, 1.165) is 46.5 Å². The molecule has 0 bridgehead atoms. The molecule has 14 amide bonds. The number of esters is 1. The van der Waals surface area contributed by atoms with Crippen molar-refractivity contribution in [2.24, 2.45) is 29.2 Å². The SMILES string of the molecule is CC(C)CCCCCCCC(=O)N[C@@H](Cc1c[nH]c2ccccc12)C(=O)N[C@H](CC(N)=O)C(=O)N[C@@H](CC(=O)O)C(=O)N[C@@H]1C(=O)NCC(=O)N[C@@H](CCCN)C(=O)N[C@@H](CC(=O)O)C(=O)N[C@H](C)C(=O)N[C@@H](CC(=O)O)C(=O)NCC(=O)N[C@H](CO)C(=O)N[C@@H]([C@H](C)CC(=O)O)C(=O)N[C@@H](C(C)C)C(=O)O[C@H]1C. The van der Waals surface area contributed by atoms with Crippen LogP contribution in [0, 0.1) is 17.8 Å². The van der Waals surface area contributed by atoms with Crippen molar-refractivity contribution in [2.75, 3.05) is 26.2 Å². The van der Waals surface area contributed by atoms with E-state index in [-0.39, 0.29) is 32.2 Å². The normalized spacial score (nSPS) is 21.9. The summed E-state index contributed by atoms with van der Waals surface area (Å²) >= 11 is 0. The first-order chi connectivity index (χ1) is 51.2. The number of hydrogen-bond acceptors (Lipinski definition) is 22. The number of primary amides is 1. The quantitative estimate of drug-likeness (QED) is 0.0234. The number of H-pyrrole nitrogens is 1. The van der Waals surface area contributed by atoms with E-state index in [9.17, 15) is 117 Å². The Hall–Kier alpha value is -11.4. The highest BCUT2D eigenvalue weighted by Crippen LogP contribution is 2.21. The molecule has 604 valence electrons. The lowest BCUT2D eigenvalue weighted by atomic mass is 9.95. The third kappa shape index (κ3) is 32.7. The first-order valence-electron chi connectivity index (χ1n) is 35.3. The molecule has 0 radical (unpaired) electrons. The van der Waals surface area contributed by atoms with Crippen molar-refractivity contribution in [2.45, 2.75) is 217 Å². The highest BCUT2D eigenvalue weighted by atomic mass is 16.5. The van der Waals surface area contributed by atoms with E-state index in [0.29, 0.717) is 35.2 Å². The van der Waals surface area contributed by atoms with E-state index in [1.807, 2.05) is 16.0 Å². The topological polar surface area (TPSA) is 659 Å². The van der Waals surface area contributed by atoms with Gasteiger partial charge < -0.3 is 116 Å². The fourth-order valence-electron chi connectivity index (χ4n) is 11.1. The molecule has 1 fully saturated rings. The molecule has 2 heterocycles. The number of rotatable bonds is 33. The molecule has 0 spiro atoms. The monoisotopic (exact) mass is 1540 g/mol. The Labute approximate surface area is 625 Å². The Balaban J connectivity index is 2.18. The molecule has 1 aromatic carbocycles. The zero-order valence-electron chi connectivity index (χ0n) is 61.5. The van der Waals surface area contributed by atoms with Crippen LogP contribution in [-0.2, 0) is 102 Å². The van der Waals surface area contributed by atoms with Gasteiger partial charge in [0.15, 0.2) is 0 Å². The van der Waals surface area contributed by atoms with Crippen molar-refractivity contribution in [3.8, 4) is 0 Å². The number of carbonyl (C=O) groups is 19. The molecule has 0 saturated carbocycles. The number of benzene rings is 1. The van der Waals surface area contributed by atoms with Gasteiger partial charge in [-0.1, -0.05) is 84.9 Å². The number of aliphatic hydroxyl groups is 1. The lowest BCUT2D eigenvalue weighted by Gasteiger charge is -2.31. The molecule has 13 atom stereocenters. The molecular weight excluding hydrogens is 1440 g/mol. The number of carboxylic acids is 4. The third-order valence-electron chi connectivity index (χ3n) is 17.0. The predicted molar refractivity (Wildman–Crippen MR) is 380 cm³/mol. The van der Waals surface area contributed by atoms with Crippen LogP contribution in [0.2, 0.25) is 0 Å². The Morgan fingerprint density at radius 3 is 1.66 bits per heavy atom. The minimum Gasteiger partial charge on any atom is -0.481 e. The lowest BCUT2D eigenvalue weighted by Crippen LogP contribution is -2.62. The average molecular weight is 1540 g/mol. The summed E-state index contributed by atoms with van der Waals surface area (Å²) in [5, 5.41) is 78.7. The molecule has 1 saturated heterocycles. The highest BCUT2D eigenvalue weighted by molar-refractivity contribution is 6.02. The van der Waals surface area contributed by atoms with E-state index >= 15 is 0 Å². The van der Waals surface area contributed by atoms with Crippen LogP contribution in [0.15, 0.2) is 30.5 Å². The lowest BCUT2D eigenvalue weighted by molar-refractivity contribution is -0.157. The van der Waals surface area contributed by atoms with Gasteiger partial charge in [0.2, 0.25) is 82.7 Å². The van der Waals surface area contributed by atoms with Crippen LogP contribution in [0.3, 0.4) is 0 Å². The molecule has 23 N–H and O–H groups in total. The summed E-state index contributed by atoms with van der Waals surface area (Å²) in [5.74, 6) is -27.9. The van der Waals surface area contributed by atoms with Crippen molar-refractivity contribution in [3.05, 3.63) is 36.0 Å². The number of aliphatic hydroxyl groups excluding tert-OH is 1. The fourth-order valence-corrected chi connectivity index (χ4v) is 11.1. The first kappa shape index (κ1) is 91.8. The van der Waals surface area contributed by atoms with Crippen LogP contribution in [0.5, 0.6) is 0 Å². The number of fused-ring (bicyclic) bond motifs is 1. The maximum atomic E-state index is 14.6. The zero-order valence-corrected chi connectivity index (χ0v) is 61.5. The molecule has 41 heteroatoms. The molecule has 1 aliphatic heterocycles. The van der Waals surface area contributed by atoms with E-state index in [2.05, 4.69) is 72.0 Å². The second-order valence-corrected chi connectivity index (χ2v) is 27.0. The van der Waals surface area contributed by atoms with Gasteiger partial charge in [-0.25, -0.2) is 4.79 Å². The number of aromatic amines is 1. The molecule has 3 rings (SSSR count). The maximum absolute atomic E-state index is 14.6. The maximum Gasteiger partial charge on any atom is 0.329 e. The fraction of sp³-hybridized carbons (Fsp3) is 0.603. The number of nitrogens with two attached hydrogens (primary N) is 2. The molecule has 0 aliphatic carbocycles. The van der Waals surface area contributed by atoms with Gasteiger partial charge in [-0.2, -0.15) is 0 Å². The smallest absolute Gasteiger partial charge is 0.329 e. The number of nitrogens with one attached hydrogen (secondary N) is 14. The first-order valence-corrected chi connectivity index (χ1v) is 35.3. The number of carbonyl (C=O) groups excluding carboxylic acids is 15. The second-order valence-electron chi connectivity index (χ2n) is 27.0. The van der Waals surface area contributed by atoms with Crippen molar-refractivity contribution >= 4 is 123 Å². The van der Waals surface area contributed by atoms with Gasteiger partial charge in [-0.05, 0) is 69.0 Å². The number of aromatic nitrogens is 1. The van der Waals surface area contributed by atoms with Crippen LogP contribution >= 0.6 is 0 Å². The van der Waals surface area contributed by atoms with Gasteiger partial charge in [-0.3, -0.25) is 86.3 Å². The van der Waals surface area contributed by atoms with E-state index in [4.69, 9.17) is 16.2 Å². The molecule has 1 aliphatic rings. The molecular formula is C68H102N16O25. The number of aliphatic carboxylic acids is 4. The van der Waals surface area contributed by atoms with Gasteiger partial charge in [0, 0.05) is 29.9 Å². The summed E-state index contributed by atoms with van der Waals surface area (Å²) in [4.78, 5) is 259. The average Bonchev–Trinajstić information content (AvgIpc) is 1.71. The van der Waals surface area contributed by atoms with Crippen molar-refractivity contribution in [1.82, 2.24) is 74.1 Å². The summed E-state index contributed by atoms with van der Waals surface area (Å²) in [6.07, 6.45) is -1.59. The van der Waals surface area contributed by atoms with Gasteiger partial charge in [-0.15, -0.1) is 0 Å². The van der Waals surface area contributed by atoms with Crippen LogP contribution < -0.4 is 80.6 Å². The Kier molecular flexibility index (Phi) is 38.7. The Bertz CT molecular complexity index is 3600. The molecule has 109 heavy (non-hydrogen) atoms. The molecule has 41 nitrogen and oxygen atoms in total. The zero-order chi connectivity index (χ0) is 81.9. The number of ether oxygens (including phenoxy) is 1. The van der Waals surface area contributed by atoms with Gasteiger partial charge >= 0.3 is 29.8 Å². The summed E-state index contributed by atoms with van der Waals surface area (Å²) in [6.45, 7) is 6.34. The van der Waals surface area contributed by atoms with Crippen LogP contribution in [0.1, 0.15) is 144 Å². The van der Waals surface area contributed by atoms with Crippen molar-refractivity contribution in [3.63, 3.8) is 0 Å². The second kappa shape index (κ2) is 46.0. The number of carboxylic acid groups (broad SMARTS) is 4. The summed E-state index contributed by atoms with van der Waals surface area (Å²) in [5.41, 5.74) is 12.5. The Morgan fingerprint density at radius 1 is 0.550 bits per heavy atom. The van der Waals surface area contributed by atoms with Gasteiger partial charge in [0.05, 0.1) is 51.8 Å². The van der Waals surface area contributed by atoms with Crippen LogP contribution in [-0.4, -0.2) is 242 Å². The number of unbranched alkanes of at least 4 members (excludes halogenated alkanes) is 4. The minimum atomic E-state index is -2.31. The number of hydrogen-bond donors (Lipinski definition) is 21. The van der Waals surface area contributed by atoms with E-state index in [1.165, 1.54) is 13.8 Å². The standard InChI is InChI=1S/C68H102N16O25/c1-32(2)16-11-9-8-10-12-20-48(87)76-41(23-37-28-71-39-18-14-13-17-38(37)39)62(102)79-42(24-47(70)86)63(103)81-45(27-54(96)97)64(104)84-57-36(7)109-68(108)55(33(3)4)82-67(107)56(34(5)22-51(90)91)83-65(105)46(31-85)77-50(89)29-72-59(99)43(25-52(92)93)78-58(98)35(6)74-61(101)44(26-53(94)95)80-60(100)40(19-15-21-69)75-49(88)30-73-66(57)106/h13-14,17-18,28,32-36,40-46,55-57,71,85H,8-12,15-16,19-27,29-31,69H2,1-7H3,(H2,70,86)(H,72,99)(H,73,106)(H,74,101)(H,75,88)(H,76,87)(H,77,89)(H,78,98)(H,79,102)(H,80,100)(H,81,103)(H,82,107)(H,83,105)(H,84,104)(H,90,91)(H,92,93)(H,94,95)(H,96,97)/t34-,35-,36+,40+,41+,42-,43+,44+,45+,46-,55+,56+,57+/m1/s1. The minimum absolute atomic E-state index is 0.000107. The van der Waals surface area contributed by atoms with Crippen LogP contribution in [0.4, 0.5) is 0 Å². The third-order valence-corrected chi connectivity index (χ3v) is 17.0. The van der Waals surface area contributed by atoms with Gasteiger partial charge in [0.1, 0.15) is 72.6 Å². The summed E-state index contributed by atoms with van der Waals surface area (Å²) in [6, 6.07) is -14.5.